The maximum atomic E-state index is 13.6. The number of hydrogen-bond donors (Lipinski definition) is 3. The van der Waals surface area contributed by atoms with Gasteiger partial charge in [-0.1, -0.05) is 40.5 Å². The third kappa shape index (κ3) is 5.73. The molecular weight excluding hydrogens is 507 g/mol. The predicted octanol–water partition coefficient (Wildman–Crippen LogP) is 0.582. The second kappa shape index (κ2) is 10.1. The fraction of sp³-hybridized carbons (Fsp3) is 0.720. The molecule has 0 bridgehead atoms. The van der Waals surface area contributed by atoms with Crippen molar-refractivity contribution < 1.29 is 37.1 Å². The molecule has 38 heavy (non-hydrogen) atoms. The largest absolute Gasteiger partial charge is 0.471 e. The molecule has 3 fully saturated rings. The highest BCUT2D eigenvalue weighted by molar-refractivity contribution is 5.98. The van der Waals surface area contributed by atoms with Crippen LogP contribution in [0, 0.1) is 40.4 Å². The molecule has 1 saturated carbocycles. The first-order chi connectivity index (χ1) is 17.4. The van der Waals surface area contributed by atoms with Gasteiger partial charge >= 0.3 is 18.0 Å². The average Bonchev–Trinajstić information content (AvgIpc) is 3.15. The molecule has 0 radical (unpaired) electrons. The van der Waals surface area contributed by atoms with Gasteiger partial charge in [-0.2, -0.15) is 13.2 Å². The standard InChI is InChI=1S/C25H34F3N5O5/c1-7-8-15(34)33(11-13-9-10-29-19(13)35)31-20(36)17-16-14(24(16,5)6)12-32(17)21(37)18(23(2,3)4)30-22(38)25(26,27)28/h13-14,16-18H,9-12H2,1-6H3,(H,29,35)(H,30,38)(H,31,36)/t13-,14-,16-,17-,18+/m0/s1. The summed E-state index contributed by atoms with van der Waals surface area (Å²) in [6.45, 7) is 10.2. The number of carbonyl (C=O) groups excluding carboxylic acids is 5. The minimum absolute atomic E-state index is 0.0960. The highest BCUT2D eigenvalue weighted by Gasteiger charge is 2.70. The summed E-state index contributed by atoms with van der Waals surface area (Å²) in [4.78, 5) is 64.8. The number of nitrogens with zero attached hydrogens (tertiary/aromatic N) is 2. The fourth-order valence-electron chi connectivity index (χ4n) is 5.43. The monoisotopic (exact) mass is 541 g/mol. The van der Waals surface area contributed by atoms with Gasteiger partial charge in [0.2, 0.25) is 11.8 Å². The zero-order chi connectivity index (χ0) is 28.8. The van der Waals surface area contributed by atoms with E-state index < -0.39 is 53.2 Å². The van der Waals surface area contributed by atoms with E-state index in [-0.39, 0.29) is 36.2 Å². The van der Waals surface area contributed by atoms with Crippen molar-refractivity contribution >= 4 is 29.5 Å². The van der Waals surface area contributed by atoms with Crippen LogP contribution in [0.15, 0.2) is 0 Å². The van der Waals surface area contributed by atoms with Crippen molar-refractivity contribution in [2.75, 3.05) is 19.6 Å². The fourth-order valence-corrected chi connectivity index (χ4v) is 5.43. The number of carbonyl (C=O) groups is 5. The van der Waals surface area contributed by atoms with Crippen LogP contribution in [0.25, 0.3) is 0 Å². The van der Waals surface area contributed by atoms with Crippen LogP contribution in [-0.2, 0) is 24.0 Å². The third-order valence-corrected chi connectivity index (χ3v) is 7.69. The summed E-state index contributed by atoms with van der Waals surface area (Å²) in [5.41, 5.74) is 1.09. The Bertz CT molecular complexity index is 1090. The topological polar surface area (TPSA) is 128 Å². The Morgan fingerprint density at radius 2 is 1.84 bits per heavy atom. The average molecular weight is 542 g/mol. The van der Waals surface area contributed by atoms with Crippen LogP contribution in [0.2, 0.25) is 0 Å². The molecule has 1 aliphatic carbocycles. The van der Waals surface area contributed by atoms with Gasteiger partial charge in [-0.25, -0.2) is 5.01 Å². The van der Waals surface area contributed by atoms with Gasteiger partial charge in [0.25, 0.3) is 5.91 Å². The molecular formula is C25H34F3N5O5. The Hall–Kier alpha value is -3.30. The van der Waals surface area contributed by atoms with Crippen LogP contribution < -0.4 is 16.1 Å². The number of alkyl halides is 3. The molecule has 2 heterocycles. The van der Waals surface area contributed by atoms with Crippen LogP contribution in [0.4, 0.5) is 13.2 Å². The van der Waals surface area contributed by atoms with Gasteiger partial charge in [0.05, 0.1) is 12.5 Å². The summed E-state index contributed by atoms with van der Waals surface area (Å²) in [5, 5.41) is 5.41. The Balaban J connectivity index is 1.87. The number of fused-ring (bicyclic) bond motifs is 1. The first-order valence-electron chi connectivity index (χ1n) is 12.4. The molecule has 0 spiro atoms. The van der Waals surface area contributed by atoms with Crippen molar-refractivity contribution in [3.8, 4) is 11.8 Å². The van der Waals surface area contributed by atoms with Crippen molar-refractivity contribution in [2.24, 2.45) is 28.6 Å². The van der Waals surface area contributed by atoms with Gasteiger partial charge in [-0.15, -0.1) is 0 Å². The molecule has 3 aliphatic rings. The predicted molar refractivity (Wildman–Crippen MR) is 128 cm³/mol. The Kier molecular flexibility index (Phi) is 7.78. The lowest BCUT2D eigenvalue weighted by Crippen LogP contribution is -2.62. The number of hydrogen-bond acceptors (Lipinski definition) is 5. The molecule has 210 valence electrons. The number of amides is 5. The lowest BCUT2D eigenvalue weighted by atomic mass is 9.85. The minimum atomic E-state index is -5.19. The summed E-state index contributed by atoms with van der Waals surface area (Å²) in [6, 6.07) is -2.66. The molecule has 0 aromatic rings. The molecule has 3 N–H and O–H groups in total. The molecule has 10 nitrogen and oxygen atoms in total. The van der Waals surface area contributed by atoms with Gasteiger partial charge < -0.3 is 15.5 Å². The van der Waals surface area contributed by atoms with Gasteiger partial charge in [-0.05, 0) is 41.9 Å². The Labute approximate surface area is 219 Å². The summed E-state index contributed by atoms with van der Waals surface area (Å²) < 4.78 is 39.0. The van der Waals surface area contributed by atoms with E-state index >= 15 is 0 Å². The van der Waals surface area contributed by atoms with Crippen LogP contribution in [0.3, 0.4) is 0 Å². The Morgan fingerprint density at radius 3 is 2.34 bits per heavy atom. The normalized spacial score (nSPS) is 26.3. The van der Waals surface area contributed by atoms with Crippen LogP contribution in [0.5, 0.6) is 0 Å². The minimum Gasteiger partial charge on any atom is -0.356 e. The summed E-state index contributed by atoms with van der Waals surface area (Å²) in [6.07, 6.45) is -4.74. The second-order valence-corrected chi connectivity index (χ2v) is 11.7. The number of rotatable bonds is 5. The molecule has 5 atom stereocenters. The third-order valence-electron chi connectivity index (χ3n) is 7.69. The van der Waals surface area contributed by atoms with Crippen LogP contribution in [0.1, 0.15) is 48.0 Å². The highest BCUT2D eigenvalue weighted by Crippen LogP contribution is 2.65. The molecule has 13 heteroatoms. The smallest absolute Gasteiger partial charge is 0.356 e. The number of hydrazine groups is 1. The van der Waals surface area contributed by atoms with Crippen molar-refractivity contribution in [1.29, 1.82) is 0 Å². The summed E-state index contributed by atoms with van der Waals surface area (Å²) >= 11 is 0. The summed E-state index contributed by atoms with van der Waals surface area (Å²) in [7, 11) is 0. The highest BCUT2D eigenvalue weighted by atomic mass is 19.4. The number of nitrogens with one attached hydrogen (secondary N) is 3. The van der Waals surface area contributed by atoms with Gasteiger partial charge in [0, 0.05) is 13.1 Å². The molecule has 3 rings (SSSR count). The van der Waals surface area contributed by atoms with E-state index in [2.05, 4.69) is 22.6 Å². The molecule has 2 saturated heterocycles. The first-order valence-corrected chi connectivity index (χ1v) is 12.4. The lowest BCUT2D eigenvalue weighted by molar-refractivity contribution is -0.176. The van der Waals surface area contributed by atoms with Crippen molar-refractivity contribution in [2.45, 2.75) is 66.2 Å². The van der Waals surface area contributed by atoms with Crippen molar-refractivity contribution in [3.63, 3.8) is 0 Å². The van der Waals surface area contributed by atoms with E-state index in [1.165, 1.54) is 32.6 Å². The van der Waals surface area contributed by atoms with Crippen LogP contribution >= 0.6 is 0 Å². The van der Waals surface area contributed by atoms with Crippen molar-refractivity contribution in [1.82, 2.24) is 26.0 Å². The van der Waals surface area contributed by atoms with E-state index in [0.717, 1.165) is 5.01 Å². The molecule has 0 aromatic heterocycles. The van der Waals surface area contributed by atoms with Gasteiger partial charge in [0.1, 0.15) is 12.1 Å². The Morgan fingerprint density at radius 1 is 1.21 bits per heavy atom. The maximum absolute atomic E-state index is 13.6. The molecule has 5 amide bonds. The lowest BCUT2D eigenvalue weighted by Gasteiger charge is -2.38. The van der Waals surface area contributed by atoms with E-state index in [0.29, 0.717) is 13.0 Å². The number of likely N-dealkylation sites (tertiary alicyclic amines) is 1. The van der Waals surface area contributed by atoms with E-state index in [1.54, 1.807) is 5.32 Å². The van der Waals surface area contributed by atoms with E-state index in [9.17, 15) is 37.1 Å². The molecule has 0 aromatic carbocycles. The van der Waals surface area contributed by atoms with E-state index in [4.69, 9.17) is 0 Å². The SMILES string of the molecule is CC#CC(=O)N(C[C@@H]1CCNC1=O)NC(=O)[C@@H]1[C@@H]2[C@H](CN1C(=O)[C@@H](NC(=O)C(F)(F)F)C(C)(C)C)C2(C)C. The quantitative estimate of drug-likeness (QED) is 0.347. The first kappa shape index (κ1) is 29.3. The maximum Gasteiger partial charge on any atom is 0.471 e. The zero-order valence-corrected chi connectivity index (χ0v) is 22.3. The van der Waals surface area contributed by atoms with Gasteiger partial charge in [-0.3, -0.25) is 29.4 Å². The van der Waals surface area contributed by atoms with E-state index in [1.807, 2.05) is 13.8 Å². The van der Waals surface area contributed by atoms with Gasteiger partial charge in [0.15, 0.2) is 0 Å². The number of halogens is 3. The second-order valence-electron chi connectivity index (χ2n) is 11.7. The summed E-state index contributed by atoms with van der Waals surface area (Å²) in [5.74, 6) is -0.972. The van der Waals surface area contributed by atoms with Crippen LogP contribution in [-0.4, -0.2) is 77.3 Å². The number of piperidine rings is 1. The molecule has 0 unspecified atom stereocenters. The zero-order valence-electron chi connectivity index (χ0n) is 22.3. The molecule has 2 aliphatic heterocycles. The van der Waals surface area contributed by atoms with Crippen molar-refractivity contribution in [3.05, 3.63) is 0 Å².